The van der Waals surface area contributed by atoms with Crippen molar-refractivity contribution in [3.8, 4) is 0 Å². The van der Waals surface area contributed by atoms with Crippen molar-refractivity contribution in [2.24, 2.45) is 4.99 Å². The molecule has 0 amide bonds. The second-order valence-electron chi connectivity index (χ2n) is 6.27. The summed E-state index contributed by atoms with van der Waals surface area (Å²) < 4.78 is 25.3. The lowest BCUT2D eigenvalue weighted by Crippen LogP contribution is -2.47. The summed E-state index contributed by atoms with van der Waals surface area (Å²) in [7, 11) is -3.24. The molecule has 0 rings (SSSR count). The van der Waals surface area contributed by atoms with Gasteiger partial charge < -0.3 is 10.6 Å². The molecule has 0 radical (unpaired) electrons. The fourth-order valence-corrected chi connectivity index (χ4v) is 2.81. The molecule has 0 atom stereocenters. The third-order valence-corrected chi connectivity index (χ3v) is 4.85. The first-order chi connectivity index (χ1) is 9.41. The maximum Gasteiger partial charge on any atom is 0.209 e. The first-order valence-corrected chi connectivity index (χ1v) is 10.1. The fraction of sp³-hybridized carbons (Fsp3) is 0.923. The standard InChI is InChI=1S/C13H30N4O2S2/c1-8-14-11(16-10-13(4,5)20-6)15-9-12(2,3)17-21(7,18)19/h17H,8-10H2,1-7H3,(H2,14,15,16). The van der Waals surface area contributed by atoms with Crippen molar-refractivity contribution in [2.45, 2.75) is 44.9 Å². The van der Waals surface area contributed by atoms with Crippen molar-refractivity contribution >= 4 is 27.7 Å². The van der Waals surface area contributed by atoms with Crippen LogP contribution in [0, 0.1) is 0 Å². The number of nitrogens with one attached hydrogen (secondary N) is 3. The summed E-state index contributed by atoms with van der Waals surface area (Å²) in [4.78, 5) is 4.46. The Morgan fingerprint density at radius 2 is 1.76 bits per heavy atom. The average Bonchev–Trinajstić information content (AvgIpc) is 2.30. The molecule has 0 aliphatic rings. The van der Waals surface area contributed by atoms with E-state index >= 15 is 0 Å². The Morgan fingerprint density at radius 1 is 1.19 bits per heavy atom. The molecule has 21 heavy (non-hydrogen) atoms. The quantitative estimate of drug-likeness (QED) is 0.454. The second-order valence-corrected chi connectivity index (χ2v) is 9.53. The Morgan fingerprint density at radius 3 is 2.19 bits per heavy atom. The Balaban J connectivity index is 4.73. The summed E-state index contributed by atoms with van der Waals surface area (Å²) in [6.07, 6.45) is 3.23. The minimum atomic E-state index is -3.24. The maximum atomic E-state index is 11.3. The smallest absolute Gasteiger partial charge is 0.209 e. The number of hydrogen-bond donors (Lipinski definition) is 3. The van der Waals surface area contributed by atoms with Crippen molar-refractivity contribution in [1.82, 2.24) is 15.4 Å². The Hall–Kier alpha value is -0.470. The third kappa shape index (κ3) is 10.8. The van der Waals surface area contributed by atoms with Gasteiger partial charge in [0.05, 0.1) is 12.8 Å². The molecule has 0 fully saturated rings. The third-order valence-electron chi connectivity index (χ3n) is 2.67. The first kappa shape index (κ1) is 20.5. The zero-order valence-corrected chi connectivity index (χ0v) is 15.8. The van der Waals surface area contributed by atoms with Crippen LogP contribution in [0.25, 0.3) is 0 Å². The second kappa shape index (κ2) is 8.24. The summed E-state index contributed by atoms with van der Waals surface area (Å²) in [6, 6.07) is 0. The van der Waals surface area contributed by atoms with Gasteiger partial charge in [-0.2, -0.15) is 11.8 Å². The van der Waals surface area contributed by atoms with Crippen molar-refractivity contribution < 1.29 is 8.42 Å². The molecule has 0 aromatic carbocycles. The number of rotatable bonds is 8. The predicted octanol–water partition coefficient (Wildman–Crippen LogP) is 1.01. The van der Waals surface area contributed by atoms with E-state index in [1.165, 1.54) is 0 Å². The van der Waals surface area contributed by atoms with Crippen molar-refractivity contribution in [3.05, 3.63) is 0 Å². The normalized spacial score (nSPS) is 14.1. The first-order valence-electron chi connectivity index (χ1n) is 6.97. The summed E-state index contributed by atoms with van der Waals surface area (Å²) >= 11 is 1.78. The highest BCUT2D eigenvalue weighted by Crippen LogP contribution is 2.19. The molecule has 126 valence electrons. The highest BCUT2D eigenvalue weighted by atomic mass is 32.2. The van der Waals surface area contributed by atoms with Crippen molar-refractivity contribution in [2.75, 3.05) is 32.1 Å². The lowest BCUT2D eigenvalue weighted by Gasteiger charge is -2.26. The number of guanidine groups is 1. The number of sulfonamides is 1. The van der Waals surface area contributed by atoms with Gasteiger partial charge in [0.2, 0.25) is 10.0 Å². The monoisotopic (exact) mass is 338 g/mol. The van der Waals surface area contributed by atoms with Crippen molar-refractivity contribution in [3.63, 3.8) is 0 Å². The van der Waals surface area contributed by atoms with Gasteiger partial charge in [-0.1, -0.05) is 0 Å². The molecule has 0 saturated carbocycles. The van der Waals surface area contributed by atoms with Gasteiger partial charge in [-0.05, 0) is 40.9 Å². The van der Waals surface area contributed by atoms with Gasteiger partial charge >= 0.3 is 0 Å². The van der Waals surface area contributed by atoms with Gasteiger partial charge in [0.15, 0.2) is 5.96 Å². The number of aliphatic imine (C=N–C) groups is 1. The molecule has 6 nitrogen and oxygen atoms in total. The van der Waals surface area contributed by atoms with E-state index < -0.39 is 15.6 Å². The van der Waals surface area contributed by atoms with E-state index in [9.17, 15) is 8.42 Å². The largest absolute Gasteiger partial charge is 0.357 e. The van der Waals surface area contributed by atoms with Crippen LogP contribution in [0.4, 0.5) is 0 Å². The summed E-state index contributed by atoms with van der Waals surface area (Å²) in [5, 5.41) is 6.46. The minimum Gasteiger partial charge on any atom is -0.357 e. The van der Waals surface area contributed by atoms with E-state index in [4.69, 9.17) is 0 Å². The van der Waals surface area contributed by atoms with E-state index in [2.05, 4.69) is 40.5 Å². The summed E-state index contributed by atoms with van der Waals surface area (Å²) in [6.45, 7) is 11.8. The SMILES string of the molecule is CCNC(=NCC(C)(C)NS(C)(=O)=O)NCC(C)(C)SC. The van der Waals surface area contributed by atoms with E-state index in [1.807, 2.05) is 20.8 Å². The van der Waals surface area contributed by atoms with E-state index in [-0.39, 0.29) is 4.75 Å². The van der Waals surface area contributed by atoms with Crippen LogP contribution >= 0.6 is 11.8 Å². The van der Waals surface area contributed by atoms with E-state index in [0.717, 1.165) is 19.3 Å². The molecule has 0 saturated heterocycles. The fourth-order valence-electron chi connectivity index (χ4n) is 1.52. The Kier molecular flexibility index (Phi) is 8.05. The zero-order valence-electron chi connectivity index (χ0n) is 14.2. The molecule has 0 aromatic rings. The van der Waals surface area contributed by atoms with Crippen LogP contribution in [0.15, 0.2) is 4.99 Å². The molecule has 0 spiro atoms. The molecular formula is C13H30N4O2S2. The van der Waals surface area contributed by atoms with Gasteiger partial charge in [-0.25, -0.2) is 13.1 Å². The zero-order chi connectivity index (χ0) is 16.7. The summed E-state index contributed by atoms with van der Waals surface area (Å²) in [5.74, 6) is 0.697. The van der Waals surface area contributed by atoms with E-state index in [0.29, 0.717) is 12.5 Å². The van der Waals surface area contributed by atoms with Crippen molar-refractivity contribution in [1.29, 1.82) is 0 Å². The number of nitrogens with zero attached hydrogens (tertiary/aromatic N) is 1. The number of thioether (sulfide) groups is 1. The Bertz CT molecular complexity index is 445. The van der Waals surface area contributed by atoms with Gasteiger partial charge in [0, 0.05) is 23.4 Å². The highest BCUT2D eigenvalue weighted by Gasteiger charge is 2.22. The molecule has 8 heteroatoms. The number of hydrogen-bond acceptors (Lipinski definition) is 4. The van der Waals surface area contributed by atoms with Crippen LogP contribution in [0.2, 0.25) is 0 Å². The molecule has 0 bridgehead atoms. The van der Waals surface area contributed by atoms with Gasteiger partial charge in [-0.3, -0.25) is 4.99 Å². The average molecular weight is 339 g/mol. The lowest BCUT2D eigenvalue weighted by atomic mass is 10.1. The van der Waals surface area contributed by atoms with Crippen LogP contribution in [0.3, 0.4) is 0 Å². The molecule has 0 heterocycles. The summed E-state index contributed by atoms with van der Waals surface area (Å²) in [5.41, 5.74) is -0.620. The highest BCUT2D eigenvalue weighted by molar-refractivity contribution is 7.99. The molecule has 0 unspecified atom stereocenters. The van der Waals surface area contributed by atoms with Crippen LogP contribution in [0.1, 0.15) is 34.6 Å². The van der Waals surface area contributed by atoms with Crippen LogP contribution in [0.5, 0.6) is 0 Å². The lowest BCUT2D eigenvalue weighted by molar-refractivity contribution is 0.464. The molecule has 0 aromatic heterocycles. The van der Waals surface area contributed by atoms with Gasteiger partial charge in [0.25, 0.3) is 0 Å². The molecule has 0 aliphatic heterocycles. The Labute approximate surface area is 134 Å². The van der Waals surface area contributed by atoms with Crippen LogP contribution < -0.4 is 15.4 Å². The van der Waals surface area contributed by atoms with Gasteiger partial charge in [-0.15, -0.1) is 0 Å². The topological polar surface area (TPSA) is 82.6 Å². The van der Waals surface area contributed by atoms with Crippen LogP contribution in [-0.4, -0.2) is 56.8 Å². The predicted molar refractivity (Wildman–Crippen MR) is 93.6 cm³/mol. The van der Waals surface area contributed by atoms with Crippen LogP contribution in [-0.2, 0) is 10.0 Å². The molecule has 3 N–H and O–H groups in total. The minimum absolute atomic E-state index is 0.108. The molecule has 0 aliphatic carbocycles. The van der Waals surface area contributed by atoms with E-state index in [1.54, 1.807) is 11.8 Å². The molecular weight excluding hydrogens is 308 g/mol. The maximum absolute atomic E-state index is 11.3. The van der Waals surface area contributed by atoms with Gasteiger partial charge in [0.1, 0.15) is 0 Å².